The summed E-state index contributed by atoms with van der Waals surface area (Å²) in [6.07, 6.45) is 2.90. The highest BCUT2D eigenvalue weighted by atomic mass is 16.4. The standard InChI is InChI=1S/C11H17N5O3/c1-15-7-13-14-9(15)5-12-11(19)16-4-2-3-8(6-16)10(17)18/h7-8H,2-6H2,1H3,(H,12,19)(H,17,18)/t8-/m0/s1. The summed E-state index contributed by atoms with van der Waals surface area (Å²) in [5.74, 6) is -0.653. The first-order valence-electron chi connectivity index (χ1n) is 6.16. The van der Waals surface area contributed by atoms with Gasteiger partial charge >= 0.3 is 12.0 Å². The Balaban J connectivity index is 1.86. The topological polar surface area (TPSA) is 100 Å². The Bertz CT molecular complexity index is 473. The Morgan fingerprint density at radius 2 is 2.37 bits per heavy atom. The average molecular weight is 267 g/mol. The molecule has 1 aliphatic heterocycles. The number of aryl methyl sites for hydroxylation is 1. The molecule has 1 aliphatic rings. The van der Waals surface area contributed by atoms with Crippen molar-refractivity contribution >= 4 is 12.0 Å². The van der Waals surface area contributed by atoms with Gasteiger partial charge in [-0.25, -0.2) is 4.79 Å². The van der Waals surface area contributed by atoms with Gasteiger partial charge in [-0.05, 0) is 12.8 Å². The molecule has 1 saturated heterocycles. The maximum absolute atomic E-state index is 11.9. The van der Waals surface area contributed by atoms with Crippen LogP contribution in [0.5, 0.6) is 0 Å². The number of aliphatic carboxylic acids is 1. The first-order chi connectivity index (χ1) is 9.08. The number of nitrogens with one attached hydrogen (secondary N) is 1. The molecule has 1 aromatic rings. The summed E-state index contributed by atoms with van der Waals surface area (Å²) in [6, 6.07) is -0.256. The molecule has 0 unspecified atom stereocenters. The molecule has 0 aliphatic carbocycles. The zero-order chi connectivity index (χ0) is 13.8. The predicted molar refractivity (Wildman–Crippen MR) is 65.2 cm³/mol. The SMILES string of the molecule is Cn1cnnc1CNC(=O)N1CCC[C@H](C(=O)O)C1. The van der Waals surface area contributed by atoms with Crippen LogP contribution in [0.4, 0.5) is 4.79 Å². The zero-order valence-corrected chi connectivity index (χ0v) is 10.7. The fourth-order valence-corrected chi connectivity index (χ4v) is 2.10. The molecule has 2 amide bonds. The normalized spacial score (nSPS) is 19.2. The van der Waals surface area contributed by atoms with Crippen molar-refractivity contribution in [2.24, 2.45) is 13.0 Å². The van der Waals surface area contributed by atoms with Gasteiger partial charge in [0.2, 0.25) is 0 Å². The number of amides is 2. The third-order valence-corrected chi connectivity index (χ3v) is 3.26. The Kier molecular flexibility index (Phi) is 3.98. The Labute approximate surface area is 110 Å². The number of urea groups is 1. The maximum Gasteiger partial charge on any atom is 0.317 e. The Morgan fingerprint density at radius 1 is 1.58 bits per heavy atom. The molecule has 1 atom stereocenters. The number of aromatic nitrogens is 3. The number of hydrogen-bond acceptors (Lipinski definition) is 4. The van der Waals surface area contributed by atoms with Crippen molar-refractivity contribution in [2.45, 2.75) is 19.4 Å². The van der Waals surface area contributed by atoms with E-state index in [4.69, 9.17) is 5.11 Å². The second-order valence-corrected chi connectivity index (χ2v) is 4.64. The number of carbonyl (C=O) groups excluding carboxylic acids is 1. The van der Waals surface area contributed by atoms with Gasteiger partial charge < -0.3 is 19.9 Å². The zero-order valence-electron chi connectivity index (χ0n) is 10.7. The van der Waals surface area contributed by atoms with Crippen LogP contribution < -0.4 is 5.32 Å². The number of piperidine rings is 1. The van der Waals surface area contributed by atoms with Gasteiger partial charge in [-0.15, -0.1) is 10.2 Å². The van der Waals surface area contributed by atoms with E-state index < -0.39 is 11.9 Å². The summed E-state index contributed by atoms with van der Waals surface area (Å²) < 4.78 is 1.72. The fraction of sp³-hybridized carbons (Fsp3) is 0.636. The number of carboxylic acids is 1. The molecule has 104 valence electrons. The van der Waals surface area contributed by atoms with E-state index in [2.05, 4.69) is 15.5 Å². The summed E-state index contributed by atoms with van der Waals surface area (Å²) in [7, 11) is 1.79. The summed E-state index contributed by atoms with van der Waals surface area (Å²) in [4.78, 5) is 24.4. The Morgan fingerprint density at radius 3 is 3.00 bits per heavy atom. The minimum absolute atomic E-state index is 0.256. The van der Waals surface area contributed by atoms with Crippen molar-refractivity contribution in [1.29, 1.82) is 0 Å². The molecule has 0 bridgehead atoms. The van der Waals surface area contributed by atoms with Crippen molar-refractivity contribution in [3.8, 4) is 0 Å². The highest BCUT2D eigenvalue weighted by molar-refractivity contribution is 5.76. The number of nitrogens with zero attached hydrogens (tertiary/aromatic N) is 4. The fourth-order valence-electron chi connectivity index (χ4n) is 2.10. The minimum Gasteiger partial charge on any atom is -0.481 e. The lowest BCUT2D eigenvalue weighted by atomic mass is 9.99. The van der Waals surface area contributed by atoms with E-state index in [1.54, 1.807) is 22.8 Å². The molecule has 1 aromatic heterocycles. The largest absolute Gasteiger partial charge is 0.481 e. The highest BCUT2D eigenvalue weighted by Crippen LogP contribution is 2.16. The van der Waals surface area contributed by atoms with Crippen LogP contribution in [0.2, 0.25) is 0 Å². The van der Waals surface area contributed by atoms with Gasteiger partial charge in [0, 0.05) is 20.1 Å². The third kappa shape index (κ3) is 3.21. The minimum atomic E-state index is -0.842. The van der Waals surface area contributed by atoms with Crippen molar-refractivity contribution in [3.63, 3.8) is 0 Å². The molecule has 2 heterocycles. The lowest BCUT2D eigenvalue weighted by molar-refractivity contribution is -0.143. The van der Waals surface area contributed by atoms with Gasteiger partial charge in [0.15, 0.2) is 5.82 Å². The smallest absolute Gasteiger partial charge is 0.317 e. The second kappa shape index (κ2) is 5.68. The number of rotatable bonds is 3. The third-order valence-electron chi connectivity index (χ3n) is 3.26. The van der Waals surface area contributed by atoms with Crippen LogP contribution in [0.25, 0.3) is 0 Å². The molecule has 0 saturated carbocycles. The van der Waals surface area contributed by atoms with Gasteiger partial charge in [-0.2, -0.15) is 0 Å². The van der Waals surface area contributed by atoms with Crippen LogP contribution >= 0.6 is 0 Å². The van der Waals surface area contributed by atoms with E-state index in [0.29, 0.717) is 25.2 Å². The molecule has 19 heavy (non-hydrogen) atoms. The molecule has 2 N–H and O–H groups in total. The van der Waals surface area contributed by atoms with Gasteiger partial charge in [-0.1, -0.05) is 0 Å². The molecule has 0 radical (unpaired) electrons. The summed E-state index contributed by atoms with van der Waals surface area (Å²) >= 11 is 0. The van der Waals surface area contributed by atoms with Gasteiger partial charge in [0.25, 0.3) is 0 Å². The average Bonchev–Trinajstić information content (AvgIpc) is 2.81. The second-order valence-electron chi connectivity index (χ2n) is 4.64. The van der Waals surface area contributed by atoms with Crippen molar-refractivity contribution in [1.82, 2.24) is 25.0 Å². The van der Waals surface area contributed by atoms with E-state index in [9.17, 15) is 9.59 Å². The van der Waals surface area contributed by atoms with Gasteiger partial charge in [0.1, 0.15) is 6.33 Å². The molecule has 0 spiro atoms. The maximum atomic E-state index is 11.9. The van der Waals surface area contributed by atoms with Crippen LogP contribution in [-0.4, -0.2) is 49.9 Å². The number of carbonyl (C=O) groups is 2. The predicted octanol–water partition coefficient (Wildman–Crippen LogP) is -0.179. The monoisotopic (exact) mass is 267 g/mol. The van der Waals surface area contributed by atoms with Crippen LogP contribution in [0, 0.1) is 5.92 Å². The first kappa shape index (κ1) is 13.3. The molecule has 8 heteroatoms. The van der Waals surface area contributed by atoms with E-state index in [0.717, 1.165) is 0 Å². The van der Waals surface area contributed by atoms with Gasteiger partial charge in [-0.3, -0.25) is 4.79 Å². The molecule has 2 rings (SSSR count). The van der Waals surface area contributed by atoms with Crippen molar-refractivity contribution in [3.05, 3.63) is 12.2 Å². The number of carboxylic acid groups (broad SMARTS) is 1. The lowest BCUT2D eigenvalue weighted by Crippen LogP contribution is -2.47. The molecule has 1 fully saturated rings. The quantitative estimate of drug-likeness (QED) is 0.791. The number of likely N-dealkylation sites (tertiary alicyclic amines) is 1. The van der Waals surface area contributed by atoms with Crippen LogP contribution in [-0.2, 0) is 18.4 Å². The Hall–Kier alpha value is -2.12. The lowest BCUT2D eigenvalue weighted by Gasteiger charge is -2.30. The van der Waals surface area contributed by atoms with Crippen LogP contribution in [0.15, 0.2) is 6.33 Å². The van der Waals surface area contributed by atoms with E-state index in [1.807, 2.05) is 0 Å². The van der Waals surface area contributed by atoms with E-state index >= 15 is 0 Å². The summed E-state index contributed by atoms with van der Waals surface area (Å²) in [5, 5.41) is 19.3. The van der Waals surface area contributed by atoms with Crippen LogP contribution in [0.3, 0.4) is 0 Å². The van der Waals surface area contributed by atoms with E-state index in [1.165, 1.54) is 0 Å². The van der Waals surface area contributed by atoms with Crippen LogP contribution in [0.1, 0.15) is 18.7 Å². The molecule has 0 aromatic carbocycles. The highest BCUT2D eigenvalue weighted by Gasteiger charge is 2.28. The van der Waals surface area contributed by atoms with Crippen molar-refractivity contribution < 1.29 is 14.7 Å². The molecular formula is C11H17N5O3. The van der Waals surface area contributed by atoms with Gasteiger partial charge in [0.05, 0.1) is 12.5 Å². The molecule has 8 nitrogen and oxygen atoms in total. The molecular weight excluding hydrogens is 250 g/mol. The summed E-state index contributed by atoms with van der Waals surface area (Å²) in [6.45, 7) is 1.14. The number of hydrogen-bond donors (Lipinski definition) is 2. The first-order valence-corrected chi connectivity index (χ1v) is 6.16. The summed E-state index contributed by atoms with van der Waals surface area (Å²) in [5.41, 5.74) is 0. The van der Waals surface area contributed by atoms with E-state index in [-0.39, 0.29) is 19.1 Å². The van der Waals surface area contributed by atoms with Crippen molar-refractivity contribution in [2.75, 3.05) is 13.1 Å².